The molecule has 2 aromatic carbocycles. The molecule has 1 aliphatic rings. The van der Waals surface area contributed by atoms with Gasteiger partial charge in [0.2, 0.25) is 15.9 Å². The van der Waals surface area contributed by atoms with Gasteiger partial charge in [-0.1, -0.05) is 23.2 Å². The average molecular weight is 471 g/mol. The molecule has 2 aromatic rings. The molecule has 0 spiro atoms. The molecular formula is C21H24Cl2N2O4S. The van der Waals surface area contributed by atoms with E-state index in [9.17, 15) is 13.2 Å². The minimum atomic E-state index is -3.69. The van der Waals surface area contributed by atoms with Crippen molar-refractivity contribution in [2.75, 3.05) is 25.0 Å². The second-order valence-corrected chi connectivity index (χ2v) is 9.93. The Morgan fingerprint density at radius 1 is 1.17 bits per heavy atom. The van der Waals surface area contributed by atoms with Gasteiger partial charge in [0, 0.05) is 29.7 Å². The van der Waals surface area contributed by atoms with Gasteiger partial charge in [0.25, 0.3) is 0 Å². The van der Waals surface area contributed by atoms with Crippen molar-refractivity contribution in [2.45, 2.75) is 31.6 Å². The van der Waals surface area contributed by atoms with Crippen molar-refractivity contribution < 1.29 is 17.9 Å². The predicted molar refractivity (Wildman–Crippen MR) is 119 cm³/mol. The quantitative estimate of drug-likeness (QED) is 0.661. The maximum atomic E-state index is 13.0. The zero-order valence-corrected chi connectivity index (χ0v) is 19.1. The first-order chi connectivity index (χ1) is 14.2. The minimum absolute atomic E-state index is 0.110. The number of rotatable bonds is 6. The smallest absolute Gasteiger partial charge is 0.243 e. The molecule has 1 amide bonds. The van der Waals surface area contributed by atoms with Crippen molar-refractivity contribution in [1.29, 1.82) is 0 Å². The van der Waals surface area contributed by atoms with Crippen LogP contribution in [0, 0.1) is 12.8 Å². The number of aryl methyl sites for hydroxylation is 1. The number of nitrogens with zero attached hydrogens (tertiary/aromatic N) is 1. The number of sulfonamides is 1. The number of hydrogen-bond acceptors (Lipinski definition) is 4. The van der Waals surface area contributed by atoms with Crippen LogP contribution in [0.1, 0.15) is 25.3 Å². The van der Waals surface area contributed by atoms with Crippen LogP contribution in [0.5, 0.6) is 5.75 Å². The van der Waals surface area contributed by atoms with E-state index in [1.807, 2.05) is 13.8 Å². The van der Waals surface area contributed by atoms with Crippen LogP contribution in [0.25, 0.3) is 0 Å². The third-order valence-corrected chi connectivity index (χ3v) is 7.54. The number of piperidine rings is 1. The Bertz CT molecular complexity index is 1040. The summed E-state index contributed by atoms with van der Waals surface area (Å²) in [6.45, 7) is 4.68. The highest BCUT2D eigenvalue weighted by Crippen LogP contribution is 2.31. The van der Waals surface area contributed by atoms with Crippen molar-refractivity contribution in [3.8, 4) is 5.75 Å². The summed E-state index contributed by atoms with van der Waals surface area (Å²) in [4.78, 5) is 12.8. The number of hydrogen-bond donors (Lipinski definition) is 1. The zero-order valence-electron chi connectivity index (χ0n) is 16.8. The van der Waals surface area contributed by atoms with Gasteiger partial charge < -0.3 is 10.1 Å². The Balaban J connectivity index is 1.64. The Morgan fingerprint density at radius 2 is 1.87 bits per heavy atom. The topological polar surface area (TPSA) is 75.7 Å². The molecule has 0 saturated carbocycles. The standard InChI is InChI=1S/C21H24Cl2N2O4S/c1-3-29-20-7-5-17(13-18(20)23)30(27,28)25-10-8-15(9-11-25)21(26)24-19-6-4-16(22)12-14(19)2/h4-7,12-13,15H,3,8-11H2,1-2H3,(H,24,26). The highest BCUT2D eigenvalue weighted by molar-refractivity contribution is 7.89. The number of halogens is 2. The van der Waals surface area contributed by atoms with Gasteiger partial charge in [-0.05, 0) is 68.7 Å². The van der Waals surface area contributed by atoms with E-state index in [1.165, 1.54) is 16.4 Å². The summed E-state index contributed by atoms with van der Waals surface area (Å²) in [5.74, 6) is 0.0861. The number of carbonyl (C=O) groups excluding carboxylic acids is 1. The molecule has 1 heterocycles. The van der Waals surface area contributed by atoms with Gasteiger partial charge in [0.15, 0.2) is 0 Å². The fraction of sp³-hybridized carbons (Fsp3) is 0.381. The van der Waals surface area contributed by atoms with Gasteiger partial charge >= 0.3 is 0 Å². The van der Waals surface area contributed by atoms with Crippen LogP contribution in [0.2, 0.25) is 10.0 Å². The summed E-state index contributed by atoms with van der Waals surface area (Å²) in [5.41, 5.74) is 1.59. The normalized spacial score (nSPS) is 15.7. The summed E-state index contributed by atoms with van der Waals surface area (Å²) in [6, 6.07) is 9.74. The van der Waals surface area contributed by atoms with Crippen LogP contribution < -0.4 is 10.1 Å². The Kier molecular flexibility index (Phi) is 7.29. The second-order valence-electron chi connectivity index (χ2n) is 7.15. The van der Waals surface area contributed by atoms with E-state index in [1.54, 1.807) is 24.3 Å². The fourth-order valence-corrected chi connectivity index (χ4v) is 5.45. The SMILES string of the molecule is CCOc1ccc(S(=O)(=O)N2CCC(C(=O)Nc3ccc(Cl)cc3C)CC2)cc1Cl. The molecule has 1 fully saturated rings. The molecule has 9 heteroatoms. The predicted octanol–water partition coefficient (Wildman–Crippen LogP) is 4.74. The molecule has 0 aliphatic carbocycles. The molecule has 1 aliphatic heterocycles. The Morgan fingerprint density at radius 3 is 2.47 bits per heavy atom. The van der Waals surface area contributed by atoms with E-state index in [2.05, 4.69) is 5.32 Å². The average Bonchev–Trinajstić information content (AvgIpc) is 2.71. The van der Waals surface area contributed by atoms with Gasteiger partial charge in [0.05, 0.1) is 16.5 Å². The number of nitrogens with one attached hydrogen (secondary N) is 1. The molecule has 0 unspecified atom stereocenters. The number of carbonyl (C=O) groups is 1. The van der Waals surface area contributed by atoms with E-state index >= 15 is 0 Å². The summed E-state index contributed by atoms with van der Waals surface area (Å²) in [7, 11) is -3.69. The lowest BCUT2D eigenvalue weighted by atomic mass is 9.97. The molecule has 162 valence electrons. The Labute approximate surface area is 187 Å². The van der Waals surface area contributed by atoms with Gasteiger partial charge in [0.1, 0.15) is 5.75 Å². The molecule has 0 aromatic heterocycles. The van der Waals surface area contributed by atoms with Crippen LogP contribution in [-0.4, -0.2) is 38.3 Å². The highest BCUT2D eigenvalue weighted by Gasteiger charge is 2.32. The molecule has 1 N–H and O–H groups in total. The summed E-state index contributed by atoms with van der Waals surface area (Å²) >= 11 is 12.1. The van der Waals surface area contributed by atoms with Crippen LogP contribution in [0.4, 0.5) is 5.69 Å². The number of amides is 1. The molecule has 3 rings (SSSR count). The second kappa shape index (κ2) is 9.56. The molecule has 0 radical (unpaired) electrons. The first-order valence-corrected chi connectivity index (χ1v) is 11.9. The van der Waals surface area contributed by atoms with E-state index < -0.39 is 10.0 Å². The van der Waals surface area contributed by atoms with E-state index in [-0.39, 0.29) is 34.8 Å². The van der Waals surface area contributed by atoms with Gasteiger partial charge in [-0.15, -0.1) is 0 Å². The van der Waals surface area contributed by atoms with Crippen LogP contribution in [0.15, 0.2) is 41.3 Å². The van der Waals surface area contributed by atoms with E-state index in [0.717, 1.165) is 5.56 Å². The van der Waals surface area contributed by atoms with Crippen molar-refractivity contribution in [1.82, 2.24) is 4.31 Å². The lowest BCUT2D eigenvalue weighted by molar-refractivity contribution is -0.120. The molecule has 0 atom stereocenters. The summed E-state index contributed by atoms with van der Waals surface area (Å²) < 4.78 is 32.7. The maximum absolute atomic E-state index is 13.0. The van der Waals surface area contributed by atoms with E-state index in [0.29, 0.717) is 35.9 Å². The minimum Gasteiger partial charge on any atom is -0.492 e. The lowest BCUT2D eigenvalue weighted by Crippen LogP contribution is -2.41. The monoisotopic (exact) mass is 470 g/mol. The van der Waals surface area contributed by atoms with Crippen molar-refractivity contribution >= 4 is 44.8 Å². The summed E-state index contributed by atoms with van der Waals surface area (Å²) in [5, 5.41) is 3.79. The number of ether oxygens (including phenoxy) is 1. The molecule has 6 nitrogen and oxygen atoms in total. The molecule has 30 heavy (non-hydrogen) atoms. The fourth-order valence-electron chi connectivity index (χ4n) is 3.42. The third-order valence-electron chi connectivity index (χ3n) is 5.11. The van der Waals surface area contributed by atoms with Gasteiger partial charge in [-0.25, -0.2) is 8.42 Å². The van der Waals surface area contributed by atoms with Gasteiger partial charge in [-0.2, -0.15) is 4.31 Å². The van der Waals surface area contributed by atoms with Crippen LogP contribution in [-0.2, 0) is 14.8 Å². The first kappa shape index (κ1) is 22.9. The van der Waals surface area contributed by atoms with Crippen molar-refractivity contribution in [3.05, 3.63) is 52.0 Å². The first-order valence-electron chi connectivity index (χ1n) is 9.72. The van der Waals surface area contributed by atoms with E-state index in [4.69, 9.17) is 27.9 Å². The number of benzene rings is 2. The molecule has 1 saturated heterocycles. The Hall–Kier alpha value is -1.80. The highest BCUT2D eigenvalue weighted by atomic mass is 35.5. The molecular weight excluding hydrogens is 447 g/mol. The zero-order chi connectivity index (χ0) is 21.9. The van der Waals surface area contributed by atoms with Crippen molar-refractivity contribution in [3.63, 3.8) is 0 Å². The molecule has 0 bridgehead atoms. The third kappa shape index (κ3) is 5.09. The van der Waals surface area contributed by atoms with Crippen LogP contribution in [0.3, 0.4) is 0 Å². The maximum Gasteiger partial charge on any atom is 0.243 e. The number of anilines is 1. The van der Waals surface area contributed by atoms with Crippen LogP contribution >= 0.6 is 23.2 Å². The summed E-state index contributed by atoms with van der Waals surface area (Å²) in [6.07, 6.45) is 0.894. The largest absolute Gasteiger partial charge is 0.492 e. The lowest BCUT2D eigenvalue weighted by Gasteiger charge is -2.30. The van der Waals surface area contributed by atoms with Gasteiger partial charge in [-0.3, -0.25) is 4.79 Å². The van der Waals surface area contributed by atoms with Crippen molar-refractivity contribution in [2.24, 2.45) is 5.92 Å².